The van der Waals surface area contributed by atoms with Crippen molar-refractivity contribution in [3.63, 3.8) is 0 Å². The van der Waals surface area contributed by atoms with Gasteiger partial charge in [0.25, 0.3) is 0 Å². The number of hydrogen-bond acceptors (Lipinski definition) is 5. The largest absolute Gasteiger partial charge is 0.495 e. The highest BCUT2D eigenvalue weighted by Gasteiger charge is 2.21. The molecule has 4 rings (SSSR count). The molecule has 3 aromatic carbocycles. The summed E-state index contributed by atoms with van der Waals surface area (Å²) in [5.74, 6) is 0.529. The highest BCUT2D eigenvalue weighted by Crippen LogP contribution is 2.35. The van der Waals surface area contributed by atoms with E-state index < -0.39 is 0 Å². The topological polar surface area (TPSA) is 45.7 Å². The second kappa shape index (κ2) is 8.55. The SMILES string of the molecule is COc1ccccc1N(C(C)=O)c1nc(CN(C)c2ccc3ccccc3c2)cs1. The Bertz CT molecular complexity index is 1190. The molecule has 0 atom stereocenters. The van der Waals surface area contributed by atoms with E-state index in [9.17, 15) is 4.79 Å². The van der Waals surface area contributed by atoms with E-state index in [0.717, 1.165) is 11.4 Å². The first-order chi connectivity index (χ1) is 14.6. The van der Waals surface area contributed by atoms with Crippen LogP contribution in [0.1, 0.15) is 12.6 Å². The Morgan fingerprint density at radius 1 is 1.03 bits per heavy atom. The summed E-state index contributed by atoms with van der Waals surface area (Å²) < 4.78 is 5.44. The lowest BCUT2D eigenvalue weighted by molar-refractivity contribution is -0.115. The van der Waals surface area contributed by atoms with Crippen LogP contribution in [0.2, 0.25) is 0 Å². The van der Waals surface area contributed by atoms with E-state index in [2.05, 4.69) is 35.2 Å². The van der Waals surface area contributed by atoms with Crippen LogP contribution in [-0.4, -0.2) is 25.0 Å². The molecule has 30 heavy (non-hydrogen) atoms. The fourth-order valence-corrected chi connectivity index (χ4v) is 4.31. The highest BCUT2D eigenvalue weighted by molar-refractivity contribution is 7.14. The summed E-state index contributed by atoms with van der Waals surface area (Å²) in [5, 5.41) is 5.06. The van der Waals surface area contributed by atoms with Crippen molar-refractivity contribution < 1.29 is 9.53 Å². The molecule has 6 heteroatoms. The van der Waals surface area contributed by atoms with Crippen LogP contribution in [0.25, 0.3) is 10.8 Å². The van der Waals surface area contributed by atoms with Crippen molar-refractivity contribution >= 4 is 44.5 Å². The van der Waals surface area contributed by atoms with Gasteiger partial charge in [0.15, 0.2) is 5.13 Å². The van der Waals surface area contributed by atoms with E-state index in [1.807, 2.05) is 48.8 Å². The maximum atomic E-state index is 12.4. The Kier molecular flexibility index (Phi) is 5.68. The number of anilines is 3. The average molecular weight is 418 g/mol. The van der Waals surface area contributed by atoms with Crippen LogP contribution in [-0.2, 0) is 11.3 Å². The molecule has 0 aliphatic rings. The summed E-state index contributed by atoms with van der Waals surface area (Å²) in [4.78, 5) is 20.9. The normalized spacial score (nSPS) is 10.8. The zero-order valence-corrected chi connectivity index (χ0v) is 18.0. The Balaban J connectivity index is 1.58. The maximum Gasteiger partial charge on any atom is 0.230 e. The molecule has 152 valence electrons. The van der Waals surface area contributed by atoms with E-state index in [4.69, 9.17) is 9.72 Å². The van der Waals surface area contributed by atoms with Gasteiger partial charge in [-0.15, -0.1) is 11.3 Å². The molecule has 0 N–H and O–H groups in total. The minimum atomic E-state index is -0.108. The van der Waals surface area contributed by atoms with Crippen molar-refractivity contribution in [3.05, 3.63) is 77.8 Å². The zero-order valence-electron chi connectivity index (χ0n) is 17.2. The summed E-state index contributed by atoms with van der Waals surface area (Å²) in [5.41, 5.74) is 2.72. The molecular formula is C24H23N3O2S. The predicted molar refractivity (Wildman–Crippen MR) is 124 cm³/mol. The van der Waals surface area contributed by atoms with Gasteiger partial charge in [-0.25, -0.2) is 4.98 Å². The molecule has 5 nitrogen and oxygen atoms in total. The number of rotatable bonds is 6. The number of carbonyl (C=O) groups excluding carboxylic acids is 1. The fourth-order valence-electron chi connectivity index (χ4n) is 3.44. The molecule has 0 unspecified atom stereocenters. The van der Waals surface area contributed by atoms with Gasteiger partial charge >= 0.3 is 0 Å². The summed E-state index contributed by atoms with van der Waals surface area (Å²) >= 11 is 1.45. The molecule has 1 heterocycles. The Morgan fingerprint density at radius 2 is 1.77 bits per heavy atom. The van der Waals surface area contributed by atoms with E-state index in [1.165, 1.54) is 29.0 Å². The summed E-state index contributed by atoms with van der Waals surface area (Å²) in [6.07, 6.45) is 0. The summed E-state index contributed by atoms with van der Waals surface area (Å²) in [6, 6.07) is 22.2. The van der Waals surface area contributed by atoms with Crippen molar-refractivity contribution in [3.8, 4) is 5.75 Å². The smallest absolute Gasteiger partial charge is 0.230 e. The second-order valence-corrected chi connectivity index (χ2v) is 7.87. The van der Waals surface area contributed by atoms with Gasteiger partial charge in [0, 0.05) is 25.0 Å². The van der Waals surface area contributed by atoms with E-state index in [1.54, 1.807) is 12.0 Å². The molecule has 1 amide bonds. The third-order valence-corrected chi connectivity index (χ3v) is 5.82. The average Bonchev–Trinajstić information content (AvgIpc) is 3.21. The van der Waals surface area contributed by atoms with Gasteiger partial charge < -0.3 is 9.64 Å². The van der Waals surface area contributed by atoms with Crippen molar-refractivity contribution in [2.24, 2.45) is 0 Å². The van der Waals surface area contributed by atoms with E-state index in [-0.39, 0.29) is 5.91 Å². The van der Waals surface area contributed by atoms with Gasteiger partial charge in [-0.1, -0.05) is 42.5 Å². The first kappa shape index (κ1) is 19.9. The minimum absolute atomic E-state index is 0.108. The number of amides is 1. The van der Waals surface area contributed by atoms with E-state index >= 15 is 0 Å². The fraction of sp³-hybridized carbons (Fsp3) is 0.167. The lowest BCUT2D eigenvalue weighted by Crippen LogP contribution is -2.23. The minimum Gasteiger partial charge on any atom is -0.495 e. The number of para-hydroxylation sites is 2. The van der Waals surface area contributed by atoms with Crippen LogP contribution in [0.4, 0.5) is 16.5 Å². The molecule has 0 spiro atoms. The molecule has 4 aromatic rings. The lowest BCUT2D eigenvalue weighted by atomic mass is 10.1. The number of nitrogens with zero attached hydrogens (tertiary/aromatic N) is 3. The zero-order chi connectivity index (χ0) is 21.1. The van der Waals surface area contributed by atoms with Gasteiger partial charge in [-0.2, -0.15) is 0 Å². The predicted octanol–water partition coefficient (Wildman–Crippen LogP) is 5.63. The Labute approximate surface area is 180 Å². The molecule has 0 aliphatic carbocycles. The molecule has 0 radical (unpaired) electrons. The van der Waals surface area contributed by atoms with Crippen LogP contribution in [0, 0.1) is 0 Å². The van der Waals surface area contributed by atoms with Crippen molar-refractivity contribution in [1.82, 2.24) is 4.98 Å². The molecule has 0 fully saturated rings. The quantitative estimate of drug-likeness (QED) is 0.408. The molecule has 0 saturated heterocycles. The van der Waals surface area contributed by atoms with Crippen LogP contribution in [0.15, 0.2) is 72.1 Å². The second-order valence-electron chi connectivity index (χ2n) is 7.04. The van der Waals surface area contributed by atoms with Crippen LogP contribution in [0.5, 0.6) is 5.75 Å². The number of fused-ring (bicyclic) bond motifs is 1. The highest BCUT2D eigenvalue weighted by atomic mass is 32.1. The Morgan fingerprint density at radius 3 is 2.53 bits per heavy atom. The van der Waals surface area contributed by atoms with Gasteiger partial charge in [0.1, 0.15) is 5.75 Å². The van der Waals surface area contributed by atoms with Gasteiger partial charge in [-0.3, -0.25) is 9.69 Å². The standard InChI is InChI=1S/C24H23N3O2S/c1-17(28)27(22-10-6-7-11-23(22)29-3)24-25-20(16-30-24)15-26(2)21-13-12-18-8-4-5-9-19(18)14-21/h4-14,16H,15H2,1-3H3. The monoisotopic (exact) mass is 417 g/mol. The first-order valence-electron chi connectivity index (χ1n) is 9.65. The number of thiazole rings is 1. The van der Waals surface area contributed by atoms with Crippen LogP contribution in [0.3, 0.4) is 0 Å². The number of carbonyl (C=O) groups is 1. The first-order valence-corrected chi connectivity index (χ1v) is 10.5. The third kappa shape index (κ3) is 4.00. The van der Waals surface area contributed by atoms with Crippen molar-refractivity contribution in [2.45, 2.75) is 13.5 Å². The summed E-state index contributed by atoms with van der Waals surface area (Å²) in [7, 11) is 3.65. The number of aromatic nitrogens is 1. The Hall–Kier alpha value is -3.38. The van der Waals surface area contributed by atoms with Crippen molar-refractivity contribution in [1.29, 1.82) is 0 Å². The number of benzene rings is 3. The maximum absolute atomic E-state index is 12.4. The van der Waals surface area contributed by atoms with Gasteiger partial charge in [-0.05, 0) is 35.0 Å². The molecule has 0 bridgehead atoms. The third-order valence-electron chi connectivity index (χ3n) is 4.94. The molecule has 0 aliphatic heterocycles. The molecule has 1 aromatic heterocycles. The van der Waals surface area contributed by atoms with Crippen molar-refractivity contribution in [2.75, 3.05) is 24.0 Å². The van der Waals surface area contributed by atoms with E-state index in [0.29, 0.717) is 23.1 Å². The lowest BCUT2D eigenvalue weighted by Gasteiger charge is -2.21. The summed E-state index contributed by atoms with van der Waals surface area (Å²) in [6.45, 7) is 2.18. The molecular weight excluding hydrogens is 394 g/mol. The molecule has 0 saturated carbocycles. The van der Waals surface area contributed by atoms with Gasteiger partial charge in [0.2, 0.25) is 5.91 Å². The number of methoxy groups -OCH3 is 1. The number of ether oxygens (including phenoxy) is 1. The number of hydrogen-bond donors (Lipinski definition) is 0. The van der Waals surface area contributed by atoms with Gasteiger partial charge in [0.05, 0.1) is 25.0 Å². The van der Waals surface area contributed by atoms with Crippen LogP contribution < -0.4 is 14.5 Å². The van der Waals surface area contributed by atoms with Crippen LogP contribution >= 0.6 is 11.3 Å².